The molecule has 0 saturated heterocycles. The molecule has 0 radical (unpaired) electrons. The highest BCUT2D eigenvalue weighted by molar-refractivity contribution is 6.17. The van der Waals surface area contributed by atoms with Crippen LogP contribution in [0.2, 0.25) is 0 Å². The molecule has 0 bridgehead atoms. The zero-order valence-corrected chi connectivity index (χ0v) is 10.3. The molecular weight excluding hydrogens is 210 g/mol. The molecule has 0 spiro atoms. The van der Waals surface area contributed by atoms with Crippen molar-refractivity contribution in [1.82, 2.24) is 5.32 Å². The summed E-state index contributed by atoms with van der Waals surface area (Å²) in [6.45, 7) is 4.09. The minimum atomic E-state index is -0.143. The molecule has 0 aliphatic heterocycles. The van der Waals surface area contributed by atoms with Gasteiger partial charge in [-0.1, -0.05) is 6.42 Å². The molecule has 0 aromatic heterocycles. The molecule has 2 unspecified atom stereocenters. The maximum absolute atomic E-state index is 12.0. The summed E-state index contributed by atoms with van der Waals surface area (Å²) in [7, 11) is 0. The molecule has 0 aromatic carbocycles. The Bertz CT molecular complexity index is 254. The first-order valence-corrected chi connectivity index (χ1v) is 6.46. The second kappa shape index (κ2) is 3.97. The molecule has 15 heavy (non-hydrogen) atoms. The smallest absolute Gasteiger partial charge is 0.224 e. The third kappa shape index (κ3) is 2.30. The molecule has 2 fully saturated rings. The minimum absolute atomic E-state index is 0.143. The zero-order valence-electron chi connectivity index (χ0n) is 9.55. The Balaban J connectivity index is 1.83. The largest absolute Gasteiger partial charge is 0.351 e. The Kier molecular flexibility index (Phi) is 2.98. The van der Waals surface area contributed by atoms with E-state index in [2.05, 4.69) is 5.32 Å². The van der Waals surface area contributed by atoms with Crippen molar-refractivity contribution in [2.24, 2.45) is 17.8 Å². The van der Waals surface area contributed by atoms with Gasteiger partial charge in [0.15, 0.2) is 0 Å². The van der Waals surface area contributed by atoms with Crippen LogP contribution in [0.4, 0.5) is 0 Å². The van der Waals surface area contributed by atoms with Crippen LogP contribution in [-0.2, 0) is 4.79 Å². The number of hydrogen-bond donors (Lipinski definition) is 1. The second-order valence-electron chi connectivity index (χ2n) is 5.60. The van der Waals surface area contributed by atoms with Crippen LogP contribution in [0.25, 0.3) is 0 Å². The fourth-order valence-corrected chi connectivity index (χ4v) is 3.40. The first kappa shape index (κ1) is 11.3. The molecule has 1 N–H and O–H groups in total. The number of nitrogens with one attached hydrogen (secondary N) is 1. The van der Waals surface area contributed by atoms with E-state index < -0.39 is 0 Å². The molecule has 0 aromatic rings. The van der Waals surface area contributed by atoms with Gasteiger partial charge < -0.3 is 5.32 Å². The van der Waals surface area contributed by atoms with E-state index in [9.17, 15) is 4.79 Å². The van der Waals surface area contributed by atoms with E-state index in [1.54, 1.807) is 0 Å². The highest BCUT2D eigenvalue weighted by Crippen LogP contribution is 2.57. The van der Waals surface area contributed by atoms with Crippen molar-refractivity contribution >= 4 is 17.5 Å². The van der Waals surface area contributed by atoms with Gasteiger partial charge in [-0.2, -0.15) is 0 Å². The summed E-state index contributed by atoms with van der Waals surface area (Å²) in [6, 6.07) is 0. The van der Waals surface area contributed by atoms with Gasteiger partial charge in [0.1, 0.15) is 0 Å². The Morgan fingerprint density at radius 3 is 2.53 bits per heavy atom. The van der Waals surface area contributed by atoms with Gasteiger partial charge in [0.25, 0.3) is 0 Å². The van der Waals surface area contributed by atoms with Crippen molar-refractivity contribution in [3.05, 3.63) is 0 Å². The van der Waals surface area contributed by atoms with Crippen molar-refractivity contribution in [3.63, 3.8) is 0 Å². The van der Waals surface area contributed by atoms with E-state index in [1.165, 1.54) is 19.3 Å². The standard InChI is InChI=1S/C12H20ClNO/c1-12(2,6-7-13)14-11(15)10-8-4-3-5-9(8)10/h8-10H,3-7H2,1-2H3,(H,14,15). The van der Waals surface area contributed by atoms with Crippen molar-refractivity contribution in [3.8, 4) is 0 Å². The Labute approximate surface area is 96.8 Å². The quantitative estimate of drug-likeness (QED) is 0.738. The first-order valence-electron chi connectivity index (χ1n) is 5.93. The summed E-state index contributed by atoms with van der Waals surface area (Å²) in [4.78, 5) is 12.0. The van der Waals surface area contributed by atoms with Crippen LogP contribution in [0, 0.1) is 17.8 Å². The molecule has 2 nitrogen and oxygen atoms in total. The zero-order chi connectivity index (χ0) is 11.1. The summed E-state index contributed by atoms with van der Waals surface area (Å²) >= 11 is 5.71. The maximum Gasteiger partial charge on any atom is 0.224 e. The number of carbonyl (C=O) groups is 1. The van der Waals surface area contributed by atoms with E-state index in [0.717, 1.165) is 6.42 Å². The third-order valence-electron chi connectivity index (χ3n) is 3.89. The maximum atomic E-state index is 12.0. The summed E-state index contributed by atoms with van der Waals surface area (Å²) in [5, 5.41) is 3.12. The first-order chi connectivity index (χ1) is 7.05. The van der Waals surface area contributed by atoms with Gasteiger partial charge in [-0.25, -0.2) is 0 Å². The minimum Gasteiger partial charge on any atom is -0.351 e. The van der Waals surface area contributed by atoms with E-state index in [1.807, 2.05) is 13.8 Å². The van der Waals surface area contributed by atoms with Gasteiger partial charge in [-0.05, 0) is 44.9 Å². The number of alkyl halides is 1. The summed E-state index contributed by atoms with van der Waals surface area (Å²) in [5.74, 6) is 2.60. The third-order valence-corrected chi connectivity index (χ3v) is 4.08. The average molecular weight is 230 g/mol. The van der Waals surface area contributed by atoms with E-state index in [-0.39, 0.29) is 11.4 Å². The lowest BCUT2D eigenvalue weighted by Gasteiger charge is -2.25. The predicted molar refractivity (Wildman–Crippen MR) is 61.9 cm³/mol. The number of rotatable bonds is 4. The SMILES string of the molecule is CC(C)(CCCl)NC(=O)C1C2CCCC21. The Hall–Kier alpha value is -0.240. The summed E-state index contributed by atoms with van der Waals surface area (Å²) < 4.78 is 0. The number of halogens is 1. The van der Waals surface area contributed by atoms with Crippen LogP contribution in [0.1, 0.15) is 39.5 Å². The van der Waals surface area contributed by atoms with Gasteiger partial charge in [0.05, 0.1) is 0 Å². The van der Waals surface area contributed by atoms with Crippen LogP contribution < -0.4 is 5.32 Å². The summed E-state index contributed by atoms with van der Waals surface area (Å²) in [5.41, 5.74) is -0.143. The van der Waals surface area contributed by atoms with Crippen molar-refractivity contribution < 1.29 is 4.79 Å². The lowest BCUT2D eigenvalue weighted by Crippen LogP contribution is -2.45. The molecule has 2 rings (SSSR count). The normalized spacial score (nSPS) is 33.7. The molecule has 3 heteroatoms. The van der Waals surface area contributed by atoms with Gasteiger partial charge >= 0.3 is 0 Å². The predicted octanol–water partition coefficient (Wildman–Crippen LogP) is 2.56. The van der Waals surface area contributed by atoms with E-state index in [4.69, 9.17) is 11.6 Å². The lowest BCUT2D eigenvalue weighted by molar-refractivity contribution is -0.124. The molecule has 2 aliphatic carbocycles. The van der Waals surface area contributed by atoms with Crippen LogP contribution >= 0.6 is 11.6 Å². The fourth-order valence-electron chi connectivity index (χ4n) is 2.93. The number of carbonyl (C=O) groups excluding carboxylic acids is 1. The fraction of sp³-hybridized carbons (Fsp3) is 0.917. The Morgan fingerprint density at radius 1 is 1.40 bits per heavy atom. The lowest BCUT2D eigenvalue weighted by atomic mass is 10.0. The number of amides is 1. The molecule has 86 valence electrons. The number of fused-ring (bicyclic) bond motifs is 1. The molecule has 0 heterocycles. The highest BCUT2D eigenvalue weighted by Gasteiger charge is 2.56. The Morgan fingerprint density at radius 2 is 2.00 bits per heavy atom. The van der Waals surface area contributed by atoms with E-state index >= 15 is 0 Å². The van der Waals surface area contributed by atoms with Crippen LogP contribution in [0.15, 0.2) is 0 Å². The molecule has 2 saturated carbocycles. The van der Waals surface area contributed by atoms with Crippen molar-refractivity contribution in [2.45, 2.75) is 45.1 Å². The van der Waals surface area contributed by atoms with Crippen molar-refractivity contribution in [1.29, 1.82) is 0 Å². The molecule has 2 atom stereocenters. The molecule has 1 amide bonds. The van der Waals surface area contributed by atoms with Crippen LogP contribution in [0.3, 0.4) is 0 Å². The van der Waals surface area contributed by atoms with Gasteiger partial charge in [-0.3, -0.25) is 4.79 Å². The number of hydrogen-bond acceptors (Lipinski definition) is 1. The molecule has 2 aliphatic rings. The highest BCUT2D eigenvalue weighted by atomic mass is 35.5. The average Bonchev–Trinajstić information content (AvgIpc) is 2.60. The van der Waals surface area contributed by atoms with E-state index in [0.29, 0.717) is 23.6 Å². The second-order valence-corrected chi connectivity index (χ2v) is 5.97. The molecular formula is C12H20ClNO. The van der Waals surface area contributed by atoms with Gasteiger partial charge in [0, 0.05) is 17.3 Å². The van der Waals surface area contributed by atoms with Gasteiger partial charge in [0.2, 0.25) is 5.91 Å². The van der Waals surface area contributed by atoms with Gasteiger partial charge in [-0.15, -0.1) is 11.6 Å². The monoisotopic (exact) mass is 229 g/mol. The van der Waals surface area contributed by atoms with Crippen LogP contribution in [0.5, 0.6) is 0 Å². The summed E-state index contributed by atoms with van der Waals surface area (Å²) in [6.07, 6.45) is 4.68. The van der Waals surface area contributed by atoms with Crippen molar-refractivity contribution in [2.75, 3.05) is 5.88 Å². The topological polar surface area (TPSA) is 29.1 Å². The van der Waals surface area contributed by atoms with Crippen LogP contribution in [-0.4, -0.2) is 17.3 Å².